The van der Waals surface area contributed by atoms with E-state index in [1.807, 2.05) is 54.6 Å². The molecule has 3 rings (SSSR count). The monoisotopic (exact) mass is 449 g/mol. The lowest BCUT2D eigenvalue weighted by atomic mass is 10.1. The number of carbonyl (C=O) groups excluding carboxylic acids is 1. The van der Waals surface area contributed by atoms with Crippen LogP contribution in [0.25, 0.3) is 11.4 Å². The van der Waals surface area contributed by atoms with Crippen molar-refractivity contribution in [2.75, 3.05) is 19.0 Å². The molecule has 1 N–H and O–H groups in total. The van der Waals surface area contributed by atoms with Crippen molar-refractivity contribution >= 4 is 11.7 Å². The van der Waals surface area contributed by atoms with Gasteiger partial charge in [0, 0.05) is 12.1 Å². The van der Waals surface area contributed by atoms with E-state index in [0.717, 1.165) is 24.2 Å². The fraction of sp³-hybridized carbons (Fsp3) is 0.346. The summed E-state index contributed by atoms with van der Waals surface area (Å²) in [7, 11) is 1.64. The van der Waals surface area contributed by atoms with Crippen LogP contribution in [0.1, 0.15) is 32.8 Å². The lowest BCUT2D eigenvalue weighted by Gasteiger charge is -2.21. The van der Waals surface area contributed by atoms with Gasteiger partial charge in [0.15, 0.2) is 0 Å². The highest BCUT2D eigenvalue weighted by Gasteiger charge is 2.20. The SMILES string of the molecule is COc1ccc(CCCNc2cnc(-c3ccccc3)n(CC(=O)OC(C)(C)C)c2=O)cc1. The summed E-state index contributed by atoms with van der Waals surface area (Å²) in [4.78, 5) is 30.2. The first kappa shape index (κ1) is 24.0. The maximum absolute atomic E-state index is 13.2. The normalized spacial score (nSPS) is 11.2. The lowest BCUT2D eigenvalue weighted by molar-refractivity contribution is -0.155. The van der Waals surface area contributed by atoms with Crippen LogP contribution in [0.2, 0.25) is 0 Å². The van der Waals surface area contributed by atoms with Gasteiger partial charge in [-0.3, -0.25) is 14.2 Å². The number of nitrogens with zero attached hydrogens (tertiary/aromatic N) is 2. The molecular formula is C26H31N3O4. The van der Waals surface area contributed by atoms with Crippen LogP contribution in [-0.2, 0) is 22.5 Å². The molecule has 174 valence electrons. The Hall–Kier alpha value is -3.61. The zero-order valence-corrected chi connectivity index (χ0v) is 19.6. The maximum atomic E-state index is 13.2. The van der Waals surface area contributed by atoms with Crippen molar-refractivity contribution in [3.8, 4) is 17.1 Å². The third kappa shape index (κ3) is 6.94. The number of aromatic nitrogens is 2. The summed E-state index contributed by atoms with van der Waals surface area (Å²) < 4.78 is 12.0. The zero-order valence-electron chi connectivity index (χ0n) is 19.6. The van der Waals surface area contributed by atoms with E-state index in [1.165, 1.54) is 16.3 Å². The zero-order chi connectivity index (χ0) is 23.8. The van der Waals surface area contributed by atoms with Gasteiger partial charge >= 0.3 is 5.97 Å². The predicted molar refractivity (Wildman–Crippen MR) is 130 cm³/mol. The average Bonchev–Trinajstić information content (AvgIpc) is 2.78. The van der Waals surface area contributed by atoms with Crippen LogP contribution < -0.4 is 15.6 Å². The first-order valence-corrected chi connectivity index (χ1v) is 11.0. The third-order valence-electron chi connectivity index (χ3n) is 4.90. The third-order valence-corrected chi connectivity index (χ3v) is 4.90. The average molecular weight is 450 g/mol. The van der Waals surface area contributed by atoms with Crippen molar-refractivity contribution in [2.24, 2.45) is 0 Å². The van der Waals surface area contributed by atoms with Gasteiger partial charge in [-0.05, 0) is 51.3 Å². The summed E-state index contributed by atoms with van der Waals surface area (Å²) in [5, 5.41) is 3.17. The van der Waals surface area contributed by atoms with E-state index in [2.05, 4.69) is 10.3 Å². The van der Waals surface area contributed by atoms with Crippen LogP contribution >= 0.6 is 0 Å². The second kappa shape index (κ2) is 10.8. The molecule has 3 aromatic rings. The molecule has 2 aromatic carbocycles. The summed E-state index contributed by atoms with van der Waals surface area (Å²) in [5.41, 5.74) is 1.35. The quantitative estimate of drug-likeness (QED) is 0.387. The standard InChI is InChI=1S/C26H31N3O4/c1-26(2,3)33-23(30)18-29-24(20-10-6-5-7-11-20)28-17-22(25(29)31)27-16-8-9-19-12-14-21(32-4)15-13-19/h5-7,10-15,17,27H,8-9,16,18H2,1-4H3. The second-order valence-electron chi connectivity index (χ2n) is 8.72. The number of benzene rings is 2. The molecule has 7 nitrogen and oxygen atoms in total. The minimum absolute atomic E-state index is 0.214. The highest BCUT2D eigenvalue weighted by molar-refractivity contribution is 5.71. The summed E-state index contributed by atoms with van der Waals surface area (Å²) in [6, 6.07) is 17.3. The number of rotatable bonds is 9. The first-order chi connectivity index (χ1) is 15.8. The molecule has 0 saturated carbocycles. The number of carbonyl (C=O) groups is 1. The highest BCUT2D eigenvalue weighted by Crippen LogP contribution is 2.17. The van der Waals surface area contributed by atoms with E-state index >= 15 is 0 Å². The minimum atomic E-state index is -0.641. The number of hydrogen-bond donors (Lipinski definition) is 1. The molecule has 0 aliphatic heterocycles. The number of ether oxygens (including phenoxy) is 2. The molecule has 0 aliphatic carbocycles. The Morgan fingerprint density at radius 2 is 1.76 bits per heavy atom. The minimum Gasteiger partial charge on any atom is -0.497 e. The van der Waals surface area contributed by atoms with E-state index in [4.69, 9.17) is 9.47 Å². The molecule has 0 amide bonds. The van der Waals surface area contributed by atoms with E-state index < -0.39 is 11.6 Å². The molecule has 0 saturated heterocycles. The molecule has 0 radical (unpaired) electrons. The molecule has 0 unspecified atom stereocenters. The van der Waals surface area contributed by atoms with Gasteiger partial charge in [0.05, 0.1) is 13.3 Å². The molecule has 0 fully saturated rings. The summed E-state index contributed by atoms with van der Waals surface area (Å²) in [5.74, 6) is 0.766. The largest absolute Gasteiger partial charge is 0.497 e. The van der Waals surface area contributed by atoms with E-state index in [-0.39, 0.29) is 12.1 Å². The van der Waals surface area contributed by atoms with Crippen molar-refractivity contribution < 1.29 is 14.3 Å². The van der Waals surface area contributed by atoms with Crippen LogP contribution in [-0.4, -0.2) is 34.8 Å². The molecule has 1 heterocycles. The van der Waals surface area contributed by atoms with Gasteiger partial charge in [-0.25, -0.2) is 4.98 Å². The number of hydrogen-bond acceptors (Lipinski definition) is 6. The van der Waals surface area contributed by atoms with E-state index in [9.17, 15) is 9.59 Å². The fourth-order valence-electron chi connectivity index (χ4n) is 3.39. The van der Waals surface area contributed by atoms with Crippen molar-refractivity contribution in [3.05, 3.63) is 76.7 Å². The van der Waals surface area contributed by atoms with Gasteiger partial charge in [-0.2, -0.15) is 0 Å². The molecule has 1 aromatic heterocycles. The van der Waals surface area contributed by atoms with Crippen LogP contribution in [0.15, 0.2) is 65.6 Å². The molecule has 33 heavy (non-hydrogen) atoms. The number of nitrogens with one attached hydrogen (secondary N) is 1. The molecule has 0 bridgehead atoms. The Morgan fingerprint density at radius 3 is 2.39 bits per heavy atom. The number of anilines is 1. The Morgan fingerprint density at radius 1 is 1.06 bits per heavy atom. The molecule has 0 aliphatic rings. The van der Waals surface area contributed by atoms with Gasteiger partial charge in [0.25, 0.3) is 5.56 Å². The topological polar surface area (TPSA) is 82.4 Å². The number of aryl methyl sites for hydroxylation is 1. The Bertz CT molecular complexity index is 1120. The number of esters is 1. The van der Waals surface area contributed by atoms with Gasteiger partial charge in [-0.1, -0.05) is 42.5 Å². The van der Waals surface area contributed by atoms with Crippen molar-refractivity contribution in [1.29, 1.82) is 0 Å². The predicted octanol–water partition coefficient (Wildman–Crippen LogP) is 4.31. The second-order valence-corrected chi connectivity index (χ2v) is 8.72. The Balaban J connectivity index is 1.75. The Labute approximate surface area is 194 Å². The van der Waals surface area contributed by atoms with Gasteiger partial charge in [-0.15, -0.1) is 0 Å². The van der Waals surface area contributed by atoms with E-state index in [1.54, 1.807) is 27.9 Å². The summed E-state index contributed by atoms with van der Waals surface area (Å²) >= 11 is 0. The van der Waals surface area contributed by atoms with Gasteiger partial charge < -0.3 is 14.8 Å². The van der Waals surface area contributed by atoms with Gasteiger partial charge in [0.1, 0.15) is 29.4 Å². The molecular weight excluding hydrogens is 418 g/mol. The summed E-state index contributed by atoms with van der Waals surface area (Å²) in [6.07, 6.45) is 3.22. The molecule has 0 atom stereocenters. The molecule has 0 spiro atoms. The fourth-order valence-corrected chi connectivity index (χ4v) is 3.39. The van der Waals surface area contributed by atoms with Crippen molar-refractivity contribution in [3.63, 3.8) is 0 Å². The summed E-state index contributed by atoms with van der Waals surface area (Å²) in [6.45, 7) is 5.77. The van der Waals surface area contributed by atoms with Crippen LogP contribution in [0.5, 0.6) is 5.75 Å². The number of methoxy groups -OCH3 is 1. The lowest BCUT2D eigenvalue weighted by Crippen LogP contribution is -2.33. The highest BCUT2D eigenvalue weighted by atomic mass is 16.6. The Kier molecular flexibility index (Phi) is 7.87. The first-order valence-electron chi connectivity index (χ1n) is 11.0. The maximum Gasteiger partial charge on any atom is 0.326 e. The van der Waals surface area contributed by atoms with Crippen molar-refractivity contribution in [2.45, 2.75) is 45.8 Å². The van der Waals surface area contributed by atoms with Gasteiger partial charge in [0.2, 0.25) is 0 Å². The van der Waals surface area contributed by atoms with E-state index in [0.29, 0.717) is 18.1 Å². The van der Waals surface area contributed by atoms with Crippen molar-refractivity contribution in [1.82, 2.24) is 9.55 Å². The molecule has 7 heteroatoms. The van der Waals surface area contributed by atoms with Crippen LogP contribution in [0.3, 0.4) is 0 Å². The smallest absolute Gasteiger partial charge is 0.326 e. The van der Waals surface area contributed by atoms with Crippen LogP contribution in [0.4, 0.5) is 5.69 Å². The van der Waals surface area contributed by atoms with Crippen LogP contribution in [0, 0.1) is 0 Å².